The zero-order chi connectivity index (χ0) is 15.1. The van der Waals surface area contributed by atoms with Crippen LogP contribution in [0.5, 0.6) is 0 Å². The van der Waals surface area contributed by atoms with E-state index in [0.717, 1.165) is 31.0 Å². The van der Waals surface area contributed by atoms with E-state index >= 15 is 0 Å². The Balaban J connectivity index is 2.85. The second kappa shape index (κ2) is 7.67. The number of likely N-dealkylation sites (N-methyl/N-ethyl adjacent to an activating group) is 1. The lowest BCUT2D eigenvalue weighted by molar-refractivity contribution is -0.129. The molecule has 1 amide bonds. The zero-order valence-corrected chi connectivity index (χ0v) is 13.0. The summed E-state index contributed by atoms with van der Waals surface area (Å²) in [6, 6.07) is 1.53. The van der Waals surface area contributed by atoms with Crippen LogP contribution in [0, 0.1) is 0 Å². The van der Waals surface area contributed by atoms with E-state index in [0.29, 0.717) is 5.82 Å². The maximum absolute atomic E-state index is 11.9. The first kappa shape index (κ1) is 16.2. The fourth-order valence-electron chi connectivity index (χ4n) is 1.74. The minimum Gasteiger partial charge on any atom is -0.370 e. The van der Waals surface area contributed by atoms with Crippen LogP contribution in [0.2, 0.25) is 0 Å². The summed E-state index contributed by atoms with van der Waals surface area (Å²) >= 11 is 0. The minimum absolute atomic E-state index is 0.0183. The van der Waals surface area contributed by atoms with Crippen LogP contribution >= 0.6 is 0 Å². The van der Waals surface area contributed by atoms with Crippen molar-refractivity contribution in [1.29, 1.82) is 0 Å². The van der Waals surface area contributed by atoms with Crippen molar-refractivity contribution >= 4 is 17.5 Å². The Morgan fingerprint density at radius 3 is 2.50 bits per heavy atom. The number of carbonyl (C=O) groups is 1. The van der Waals surface area contributed by atoms with E-state index in [1.807, 2.05) is 19.9 Å². The summed E-state index contributed by atoms with van der Waals surface area (Å²) in [5.41, 5.74) is 0. The summed E-state index contributed by atoms with van der Waals surface area (Å²) in [5, 5.41) is 6.38. The van der Waals surface area contributed by atoms with Crippen molar-refractivity contribution < 1.29 is 4.79 Å². The summed E-state index contributed by atoms with van der Waals surface area (Å²) in [6.45, 7) is 6.81. The molecule has 20 heavy (non-hydrogen) atoms. The second-order valence-corrected chi connectivity index (χ2v) is 4.93. The van der Waals surface area contributed by atoms with Gasteiger partial charge in [0.05, 0.1) is 0 Å². The quantitative estimate of drug-likeness (QED) is 0.795. The first-order valence-corrected chi connectivity index (χ1v) is 7.07. The number of aryl methyl sites for hydroxylation is 1. The molecule has 0 spiro atoms. The second-order valence-electron chi connectivity index (χ2n) is 4.93. The number of carbonyl (C=O) groups excluding carboxylic acids is 1. The standard InChI is InChI=1S/C14H25N5O/c1-6-8-15-12-9-13(18-11(7-2)17-12)16-10(3)14(20)19(4)5/h9-10H,6-8H2,1-5H3,(H2,15,16,17,18). The van der Waals surface area contributed by atoms with Crippen LogP contribution in [-0.2, 0) is 11.2 Å². The Labute approximate surface area is 121 Å². The number of amides is 1. The zero-order valence-electron chi connectivity index (χ0n) is 13.0. The van der Waals surface area contributed by atoms with Crippen LogP contribution in [-0.4, -0.2) is 47.5 Å². The molecule has 0 aliphatic carbocycles. The summed E-state index contributed by atoms with van der Waals surface area (Å²) < 4.78 is 0. The van der Waals surface area contributed by atoms with Gasteiger partial charge in [-0.05, 0) is 13.3 Å². The molecule has 6 nitrogen and oxygen atoms in total. The molecule has 0 aliphatic heterocycles. The van der Waals surface area contributed by atoms with Gasteiger partial charge in [0, 0.05) is 33.1 Å². The van der Waals surface area contributed by atoms with E-state index in [4.69, 9.17) is 0 Å². The maximum Gasteiger partial charge on any atom is 0.244 e. The summed E-state index contributed by atoms with van der Waals surface area (Å²) in [7, 11) is 3.48. The predicted molar refractivity (Wildman–Crippen MR) is 82.0 cm³/mol. The molecule has 0 saturated carbocycles. The van der Waals surface area contributed by atoms with Crippen molar-refractivity contribution in [1.82, 2.24) is 14.9 Å². The molecule has 1 aromatic heterocycles. The SMILES string of the molecule is CCCNc1cc(NC(C)C(=O)N(C)C)nc(CC)n1. The molecule has 0 aromatic carbocycles. The predicted octanol–water partition coefficient (Wildman–Crippen LogP) is 1.75. The lowest BCUT2D eigenvalue weighted by atomic mass is 10.3. The van der Waals surface area contributed by atoms with Crippen molar-refractivity contribution in [2.24, 2.45) is 0 Å². The molecule has 1 heterocycles. The number of aromatic nitrogens is 2. The molecule has 0 radical (unpaired) electrons. The van der Waals surface area contributed by atoms with Gasteiger partial charge in [0.25, 0.3) is 0 Å². The smallest absolute Gasteiger partial charge is 0.244 e. The summed E-state index contributed by atoms with van der Waals surface area (Å²) in [5.74, 6) is 2.26. The third-order valence-corrected chi connectivity index (χ3v) is 2.82. The first-order chi connectivity index (χ1) is 9.47. The van der Waals surface area contributed by atoms with E-state index in [-0.39, 0.29) is 11.9 Å². The third-order valence-electron chi connectivity index (χ3n) is 2.82. The van der Waals surface area contributed by atoms with Crippen LogP contribution in [0.25, 0.3) is 0 Å². The average Bonchev–Trinajstić information content (AvgIpc) is 2.43. The highest BCUT2D eigenvalue weighted by atomic mass is 16.2. The Hall–Kier alpha value is -1.85. The molecule has 2 N–H and O–H groups in total. The van der Waals surface area contributed by atoms with E-state index in [1.54, 1.807) is 19.0 Å². The molecule has 1 aromatic rings. The van der Waals surface area contributed by atoms with E-state index < -0.39 is 0 Å². The monoisotopic (exact) mass is 279 g/mol. The van der Waals surface area contributed by atoms with Gasteiger partial charge in [-0.1, -0.05) is 13.8 Å². The molecular formula is C14H25N5O. The van der Waals surface area contributed by atoms with E-state index in [2.05, 4.69) is 27.5 Å². The topological polar surface area (TPSA) is 70.2 Å². The summed E-state index contributed by atoms with van der Waals surface area (Å²) in [4.78, 5) is 22.3. The highest BCUT2D eigenvalue weighted by molar-refractivity contribution is 5.83. The lowest BCUT2D eigenvalue weighted by Gasteiger charge is -2.19. The minimum atomic E-state index is -0.316. The Morgan fingerprint density at radius 2 is 1.95 bits per heavy atom. The highest BCUT2D eigenvalue weighted by Gasteiger charge is 2.15. The molecule has 0 saturated heterocycles. The largest absolute Gasteiger partial charge is 0.370 e. The molecule has 0 bridgehead atoms. The average molecular weight is 279 g/mol. The van der Waals surface area contributed by atoms with Crippen molar-refractivity contribution in [2.75, 3.05) is 31.3 Å². The van der Waals surface area contributed by atoms with Crippen LogP contribution in [0.15, 0.2) is 6.07 Å². The fraction of sp³-hybridized carbons (Fsp3) is 0.643. The van der Waals surface area contributed by atoms with Gasteiger partial charge in [0.1, 0.15) is 23.5 Å². The van der Waals surface area contributed by atoms with Crippen LogP contribution < -0.4 is 10.6 Å². The maximum atomic E-state index is 11.9. The van der Waals surface area contributed by atoms with Gasteiger partial charge in [-0.3, -0.25) is 4.79 Å². The number of nitrogens with one attached hydrogen (secondary N) is 2. The van der Waals surface area contributed by atoms with Gasteiger partial charge in [0.15, 0.2) is 0 Å². The van der Waals surface area contributed by atoms with Gasteiger partial charge in [-0.15, -0.1) is 0 Å². The number of anilines is 2. The highest BCUT2D eigenvalue weighted by Crippen LogP contribution is 2.13. The van der Waals surface area contributed by atoms with Crippen molar-refractivity contribution in [3.8, 4) is 0 Å². The fourth-order valence-corrected chi connectivity index (χ4v) is 1.74. The number of hydrogen-bond acceptors (Lipinski definition) is 5. The van der Waals surface area contributed by atoms with Gasteiger partial charge >= 0.3 is 0 Å². The molecule has 1 atom stereocenters. The lowest BCUT2D eigenvalue weighted by Crippen LogP contribution is -2.36. The van der Waals surface area contributed by atoms with Crippen LogP contribution in [0.3, 0.4) is 0 Å². The number of nitrogens with zero attached hydrogens (tertiary/aromatic N) is 3. The first-order valence-electron chi connectivity index (χ1n) is 7.07. The van der Waals surface area contributed by atoms with Crippen molar-refractivity contribution in [3.63, 3.8) is 0 Å². The molecule has 0 fully saturated rings. The normalized spacial score (nSPS) is 11.8. The van der Waals surface area contributed by atoms with E-state index in [1.165, 1.54) is 0 Å². The van der Waals surface area contributed by atoms with Crippen molar-refractivity contribution in [3.05, 3.63) is 11.9 Å². The van der Waals surface area contributed by atoms with Crippen molar-refractivity contribution in [2.45, 2.75) is 39.7 Å². The van der Waals surface area contributed by atoms with Gasteiger partial charge in [-0.25, -0.2) is 9.97 Å². The van der Waals surface area contributed by atoms with Crippen LogP contribution in [0.1, 0.15) is 33.0 Å². The molecule has 1 unspecified atom stereocenters. The summed E-state index contributed by atoms with van der Waals surface area (Å²) in [6.07, 6.45) is 1.79. The number of hydrogen-bond donors (Lipinski definition) is 2. The van der Waals surface area contributed by atoms with Crippen LogP contribution in [0.4, 0.5) is 11.6 Å². The molecule has 0 aliphatic rings. The molecule has 1 rings (SSSR count). The van der Waals surface area contributed by atoms with Gasteiger partial charge in [0.2, 0.25) is 5.91 Å². The Bertz CT molecular complexity index is 447. The Kier molecular flexibility index (Phi) is 6.21. The van der Waals surface area contributed by atoms with E-state index in [9.17, 15) is 4.79 Å². The molecular weight excluding hydrogens is 254 g/mol. The van der Waals surface area contributed by atoms with Gasteiger partial charge in [-0.2, -0.15) is 0 Å². The van der Waals surface area contributed by atoms with Gasteiger partial charge < -0.3 is 15.5 Å². The molecule has 112 valence electrons. The number of rotatable bonds is 7. The third kappa shape index (κ3) is 4.68. The Morgan fingerprint density at radius 1 is 1.30 bits per heavy atom. The molecule has 6 heteroatoms.